The first kappa shape index (κ1) is 24.1. The van der Waals surface area contributed by atoms with E-state index in [1.165, 1.54) is 5.56 Å². The molecule has 1 aliphatic heterocycles. The van der Waals surface area contributed by atoms with E-state index in [1.54, 1.807) is 7.11 Å². The fourth-order valence-corrected chi connectivity index (χ4v) is 2.76. The number of carboxylic acids is 2. The third-order valence-electron chi connectivity index (χ3n) is 4.30. The summed E-state index contributed by atoms with van der Waals surface area (Å²) in [5.41, 5.74) is 1.17. The summed E-state index contributed by atoms with van der Waals surface area (Å²) in [6.07, 6.45) is 0.109. The van der Waals surface area contributed by atoms with Crippen molar-refractivity contribution in [3.05, 3.63) is 60.2 Å². The molecule has 168 valence electrons. The van der Waals surface area contributed by atoms with Gasteiger partial charge in [0.15, 0.2) is 11.5 Å². The molecular formula is C22H27NO8. The number of rotatable bonds is 8. The quantitative estimate of drug-likeness (QED) is 0.423. The van der Waals surface area contributed by atoms with Crippen LogP contribution in [0.25, 0.3) is 0 Å². The first-order valence-corrected chi connectivity index (χ1v) is 9.72. The lowest BCUT2D eigenvalue weighted by molar-refractivity contribution is -0.159. The molecule has 0 aliphatic carbocycles. The molecule has 0 saturated carbocycles. The summed E-state index contributed by atoms with van der Waals surface area (Å²) < 4.78 is 22.8. The molecule has 0 aromatic heterocycles. The van der Waals surface area contributed by atoms with Gasteiger partial charge in [-0.05, 0) is 17.7 Å². The third kappa shape index (κ3) is 8.63. The summed E-state index contributed by atoms with van der Waals surface area (Å²) in [7, 11) is 1.64. The molecule has 31 heavy (non-hydrogen) atoms. The van der Waals surface area contributed by atoms with E-state index in [9.17, 15) is 0 Å². The standard InChI is InChI=1S/C20H25NO4.C2H2O4/c1-22-18-9-5-6-10-19(18)23-12-11-21-13-17-14-25-20(15-24-17)16-7-3-2-4-8-16;3-1(4)2(5)6/h2-10,17,20-21H,11-15H2,1H3;(H,3,4)(H,5,6)/t17-,20+;/m1./s1. The Morgan fingerprint density at radius 2 is 1.61 bits per heavy atom. The highest BCUT2D eigenvalue weighted by Gasteiger charge is 2.23. The molecule has 0 bridgehead atoms. The van der Waals surface area contributed by atoms with E-state index in [2.05, 4.69) is 17.4 Å². The predicted molar refractivity (Wildman–Crippen MR) is 112 cm³/mol. The number of hydrogen-bond donors (Lipinski definition) is 3. The van der Waals surface area contributed by atoms with Gasteiger partial charge >= 0.3 is 11.9 Å². The first-order valence-electron chi connectivity index (χ1n) is 9.72. The van der Waals surface area contributed by atoms with Crippen LogP contribution in [-0.2, 0) is 19.1 Å². The van der Waals surface area contributed by atoms with Crippen LogP contribution in [-0.4, -0.2) is 68.3 Å². The van der Waals surface area contributed by atoms with Crippen molar-refractivity contribution in [1.29, 1.82) is 0 Å². The predicted octanol–water partition coefficient (Wildman–Crippen LogP) is 1.98. The minimum Gasteiger partial charge on any atom is -0.493 e. The van der Waals surface area contributed by atoms with Gasteiger partial charge in [-0.15, -0.1) is 0 Å². The molecule has 2 aromatic rings. The Hall–Kier alpha value is -3.14. The minimum atomic E-state index is -1.82. The number of nitrogens with one attached hydrogen (secondary N) is 1. The number of methoxy groups -OCH3 is 1. The average molecular weight is 433 g/mol. The van der Waals surface area contributed by atoms with Crippen LogP contribution < -0.4 is 14.8 Å². The van der Waals surface area contributed by atoms with Crippen LogP contribution in [0.2, 0.25) is 0 Å². The van der Waals surface area contributed by atoms with Crippen LogP contribution in [0.1, 0.15) is 11.7 Å². The summed E-state index contributed by atoms with van der Waals surface area (Å²) in [5, 5.41) is 18.1. The van der Waals surface area contributed by atoms with E-state index in [1.807, 2.05) is 42.5 Å². The first-order chi connectivity index (χ1) is 15.0. The minimum absolute atomic E-state index is 0.0336. The topological polar surface area (TPSA) is 124 Å². The van der Waals surface area contributed by atoms with Crippen LogP contribution >= 0.6 is 0 Å². The van der Waals surface area contributed by atoms with Crippen LogP contribution in [0.4, 0.5) is 0 Å². The lowest BCUT2D eigenvalue weighted by atomic mass is 10.1. The van der Waals surface area contributed by atoms with E-state index < -0.39 is 11.9 Å². The molecule has 1 aliphatic rings. The number of carbonyl (C=O) groups is 2. The maximum atomic E-state index is 9.10. The van der Waals surface area contributed by atoms with E-state index in [-0.39, 0.29) is 12.2 Å². The van der Waals surface area contributed by atoms with E-state index in [0.717, 1.165) is 24.6 Å². The van der Waals surface area contributed by atoms with Gasteiger partial charge in [0.2, 0.25) is 0 Å². The van der Waals surface area contributed by atoms with Gasteiger partial charge in [-0.3, -0.25) is 0 Å². The number of benzene rings is 2. The molecule has 0 spiro atoms. The van der Waals surface area contributed by atoms with Crippen molar-refractivity contribution in [2.45, 2.75) is 12.2 Å². The van der Waals surface area contributed by atoms with Crippen molar-refractivity contribution in [2.24, 2.45) is 0 Å². The van der Waals surface area contributed by atoms with Crippen molar-refractivity contribution in [2.75, 3.05) is 40.0 Å². The molecule has 1 saturated heterocycles. The molecule has 2 aromatic carbocycles. The zero-order valence-corrected chi connectivity index (χ0v) is 17.2. The molecule has 0 amide bonds. The summed E-state index contributed by atoms with van der Waals surface area (Å²) in [6.45, 7) is 3.24. The molecule has 1 fully saturated rings. The van der Waals surface area contributed by atoms with Gasteiger partial charge in [-0.2, -0.15) is 0 Å². The van der Waals surface area contributed by atoms with Gasteiger partial charge in [0, 0.05) is 13.1 Å². The van der Waals surface area contributed by atoms with Crippen LogP contribution in [0.3, 0.4) is 0 Å². The molecule has 0 unspecified atom stereocenters. The van der Waals surface area contributed by atoms with Gasteiger partial charge in [-0.25, -0.2) is 9.59 Å². The number of hydrogen-bond acceptors (Lipinski definition) is 7. The van der Waals surface area contributed by atoms with Gasteiger partial charge in [0.05, 0.1) is 26.4 Å². The summed E-state index contributed by atoms with van der Waals surface area (Å²) in [5.74, 6) is -2.14. The highest BCUT2D eigenvalue weighted by molar-refractivity contribution is 6.27. The normalized spacial score (nSPS) is 17.7. The van der Waals surface area contributed by atoms with Crippen molar-refractivity contribution in [3.63, 3.8) is 0 Å². The van der Waals surface area contributed by atoms with Gasteiger partial charge in [0.1, 0.15) is 12.7 Å². The maximum Gasteiger partial charge on any atom is 0.414 e. The van der Waals surface area contributed by atoms with E-state index in [4.69, 9.17) is 38.7 Å². The van der Waals surface area contributed by atoms with Crippen molar-refractivity contribution in [1.82, 2.24) is 5.32 Å². The van der Waals surface area contributed by atoms with Gasteiger partial charge in [-0.1, -0.05) is 42.5 Å². The molecule has 9 nitrogen and oxygen atoms in total. The summed E-state index contributed by atoms with van der Waals surface area (Å²) in [4.78, 5) is 18.2. The Kier molecular flexibility index (Phi) is 10.3. The van der Waals surface area contributed by atoms with Crippen molar-refractivity contribution < 1.29 is 38.7 Å². The van der Waals surface area contributed by atoms with Crippen molar-refractivity contribution in [3.8, 4) is 11.5 Å². The Labute approximate surface area is 180 Å². The fraction of sp³-hybridized carbons (Fsp3) is 0.364. The number of para-hydroxylation sites is 2. The number of ether oxygens (including phenoxy) is 4. The summed E-state index contributed by atoms with van der Waals surface area (Å²) in [6, 6.07) is 17.8. The molecule has 1 heterocycles. The molecule has 3 rings (SSSR count). The second kappa shape index (κ2) is 13.2. The molecule has 3 N–H and O–H groups in total. The Morgan fingerprint density at radius 1 is 0.968 bits per heavy atom. The largest absolute Gasteiger partial charge is 0.493 e. The second-order valence-electron chi connectivity index (χ2n) is 6.50. The zero-order chi connectivity index (χ0) is 22.5. The number of carboxylic acid groups (broad SMARTS) is 2. The van der Waals surface area contributed by atoms with Gasteiger partial charge in [0.25, 0.3) is 0 Å². The Bertz CT molecular complexity index is 794. The van der Waals surface area contributed by atoms with Crippen LogP contribution in [0, 0.1) is 0 Å². The smallest absolute Gasteiger partial charge is 0.414 e. The van der Waals surface area contributed by atoms with Crippen LogP contribution in [0.15, 0.2) is 54.6 Å². The Morgan fingerprint density at radius 3 is 2.19 bits per heavy atom. The third-order valence-corrected chi connectivity index (χ3v) is 4.30. The summed E-state index contributed by atoms with van der Waals surface area (Å²) >= 11 is 0. The maximum absolute atomic E-state index is 9.10. The fourth-order valence-electron chi connectivity index (χ4n) is 2.76. The lowest BCUT2D eigenvalue weighted by Crippen LogP contribution is -2.39. The van der Waals surface area contributed by atoms with E-state index >= 15 is 0 Å². The lowest BCUT2D eigenvalue weighted by Gasteiger charge is -2.30. The van der Waals surface area contributed by atoms with E-state index in [0.29, 0.717) is 19.8 Å². The molecule has 9 heteroatoms. The SMILES string of the molecule is COc1ccccc1OCCNC[C@@H]1CO[C@H](c2ccccc2)CO1.O=C(O)C(=O)O. The average Bonchev–Trinajstić information content (AvgIpc) is 2.80. The highest BCUT2D eigenvalue weighted by Crippen LogP contribution is 2.25. The monoisotopic (exact) mass is 433 g/mol. The molecule has 0 radical (unpaired) electrons. The molecular weight excluding hydrogens is 406 g/mol. The Balaban J connectivity index is 0.000000501. The zero-order valence-electron chi connectivity index (χ0n) is 17.2. The number of aliphatic carboxylic acids is 2. The van der Waals surface area contributed by atoms with Crippen molar-refractivity contribution >= 4 is 11.9 Å². The highest BCUT2D eigenvalue weighted by atomic mass is 16.6. The second-order valence-corrected chi connectivity index (χ2v) is 6.50. The van der Waals surface area contributed by atoms with Crippen LogP contribution in [0.5, 0.6) is 11.5 Å². The van der Waals surface area contributed by atoms with Gasteiger partial charge < -0.3 is 34.5 Å². The molecule has 2 atom stereocenters.